The minimum Gasteiger partial charge on any atom is -0.491 e. The number of ether oxygens (including phenoxy) is 2. The second-order valence-electron chi connectivity index (χ2n) is 8.80. The van der Waals surface area contributed by atoms with Gasteiger partial charge in [0.05, 0.1) is 31.5 Å². The van der Waals surface area contributed by atoms with E-state index in [0.717, 1.165) is 64.5 Å². The third-order valence-electron chi connectivity index (χ3n) is 5.48. The molecule has 4 aromatic heterocycles. The number of rotatable bonds is 6. The first kappa shape index (κ1) is 20.4. The highest BCUT2D eigenvalue weighted by molar-refractivity contribution is 5.75. The highest BCUT2D eigenvalue weighted by Gasteiger charge is 2.34. The Hall–Kier alpha value is -3.52. The molecule has 1 N–H and O–H groups in total. The number of nitrogens with zero attached hydrogens (tertiary/aromatic N) is 5. The number of anilines is 2. The van der Waals surface area contributed by atoms with Gasteiger partial charge >= 0.3 is 0 Å². The fourth-order valence-electron chi connectivity index (χ4n) is 3.81. The first-order chi connectivity index (χ1) is 15.4. The average Bonchev–Trinajstić information content (AvgIpc) is 3.12. The van der Waals surface area contributed by atoms with Crippen molar-refractivity contribution in [2.24, 2.45) is 5.41 Å². The molecule has 164 valence electrons. The summed E-state index contributed by atoms with van der Waals surface area (Å²) in [6, 6.07) is 10.1. The van der Waals surface area contributed by atoms with Crippen molar-refractivity contribution < 1.29 is 9.47 Å². The van der Waals surface area contributed by atoms with E-state index >= 15 is 0 Å². The summed E-state index contributed by atoms with van der Waals surface area (Å²) in [6.07, 6.45) is 3.76. The minimum absolute atomic E-state index is 0.0653. The second kappa shape index (κ2) is 7.87. The Morgan fingerprint density at radius 2 is 1.91 bits per heavy atom. The van der Waals surface area contributed by atoms with Crippen molar-refractivity contribution in [2.75, 3.05) is 25.1 Å². The van der Waals surface area contributed by atoms with E-state index in [9.17, 15) is 0 Å². The highest BCUT2D eigenvalue weighted by atomic mass is 16.5. The van der Waals surface area contributed by atoms with Crippen LogP contribution < -0.4 is 10.1 Å². The summed E-state index contributed by atoms with van der Waals surface area (Å²) < 4.78 is 13.4. The molecule has 0 unspecified atom stereocenters. The lowest BCUT2D eigenvalue weighted by molar-refractivity contribution is -0.120. The van der Waals surface area contributed by atoms with Crippen molar-refractivity contribution in [1.29, 1.82) is 0 Å². The lowest BCUT2D eigenvalue weighted by Gasteiger charge is -2.37. The zero-order valence-corrected chi connectivity index (χ0v) is 18.7. The summed E-state index contributed by atoms with van der Waals surface area (Å²) in [6.45, 7) is 10.0. The lowest BCUT2D eigenvalue weighted by Crippen LogP contribution is -2.44. The number of nitrogens with one attached hydrogen (secondary N) is 1. The fraction of sp³-hybridized carbons (Fsp3) is 0.333. The zero-order chi connectivity index (χ0) is 22.3. The van der Waals surface area contributed by atoms with E-state index in [-0.39, 0.29) is 5.41 Å². The first-order valence-corrected chi connectivity index (χ1v) is 10.6. The maximum atomic E-state index is 6.18. The molecule has 1 aliphatic rings. The smallest absolute Gasteiger partial charge is 0.154 e. The van der Waals surface area contributed by atoms with E-state index in [1.54, 1.807) is 6.20 Å². The molecule has 8 nitrogen and oxygen atoms in total. The molecule has 4 aromatic rings. The quantitative estimate of drug-likeness (QED) is 0.489. The standard InChI is InChI=1S/C24H26N6O2/c1-15-7-20(21(11-25-15)32-14-24(4)12-31-13-24)18-5-6-30-19(9-18)10-23(29-30)28-22-8-16(2)26-17(3)27-22/h5-11H,12-14H2,1-4H3,(H,26,27,28,29). The molecule has 0 bridgehead atoms. The number of hydrogen-bond donors (Lipinski definition) is 1. The molecule has 0 amide bonds. The predicted octanol–water partition coefficient (Wildman–Crippen LogP) is 4.27. The van der Waals surface area contributed by atoms with Crippen LogP contribution in [0.25, 0.3) is 16.6 Å². The molecule has 0 aliphatic carbocycles. The molecule has 8 heteroatoms. The minimum atomic E-state index is 0.0653. The summed E-state index contributed by atoms with van der Waals surface area (Å²) in [5.41, 5.74) is 4.95. The van der Waals surface area contributed by atoms with Crippen LogP contribution in [0.3, 0.4) is 0 Å². The van der Waals surface area contributed by atoms with Crippen molar-refractivity contribution in [3.05, 3.63) is 59.9 Å². The van der Waals surface area contributed by atoms with Crippen LogP contribution in [0.15, 0.2) is 42.7 Å². The SMILES string of the molecule is Cc1cc(-c2ccn3nc(Nc4cc(C)nc(C)n4)cc3c2)c(OCC2(C)COC2)cn1. The molecule has 5 rings (SSSR count). The van der Waals surface area contributed by atoms with Gasteiger partial charge in [-0.1, -0.05) is 6.92 Å². The number of fused-ring (bicyclic) bond motifs is 1. The zero-order valence-electron chi connectivity index (χ0n) is 18.7. The van der Waals surface area contributed by atoms with Crippen molar-refractivity contribution in [3.8, 4) is 16.9 Å². The summed E-state index contributed by atoms with van der Waals surface area (Å²) in [5.74, 6) is 2.95. The van der Waals surface area contributed by atoms with Crippen molar-refractivity contribution in [3.63, 3.8) is 0 Å². The normalized spacial score (nSPS) is 14.9. The van der Waals surface area contributed by atoms with Crippen LogP contribution in [0, 0.1) is 26.2 Å². The van der Waals surface area contributed by atoms with Gasteiger partial charge in [-0.3, -0.25) is 4.98 Å². The topological polar surface area (TPSA) is 86.5 Å². The van der Waals surface area contributed by atoms with Gasteiger partial charge in [-0.05, 0) is 44.5 Å². The Morgan fingerprint density at radius 3 is 2.66 bits per heavy atom. The van der Waals surface area contributed by atoms with Crippen LogP contribution in [-0.4, -0.2) is 44.4 Å². The molecular formula is C24H26N6O2. The Bertz CT molecular complexity index is 1270. The maximum absolute atomic E-state index is 6.18. The van der Waals surface area contributed by atoms with Gasteiger partial charge in [0, 0.05) is 40.7 Å². The van der Waals surface area contributed by atoms with Crippen LogP contribution in [0.4, 0.5) is 11.6 Å². The number of aryl methyl sites for hydroxylation is 3. The Balaban J connectivity index is 1.44. The third kappa shape index (κ3) is 4.13. The molecule has 5 heterocycles. The largest absolute Gasteiger partial charge is 0.491 e. The van der Waals surface area contributed by atoms with Gasteiger partial charge in [0.15, 0.2) is 5.82 Å². The van der Waals surface area contributed by atoms with Crippen LogP contribution in [-0.2, 0) is 4.74 Å². The summed E-state index contributed by atoms with van der Waals surface area (Å²) >= 11 is 0. The monoisotopic (exact) mass is 430 g/mol. The maximum Gasteiger partial charge on any atom is 0.154 e. The van der Waals surface area contributed by atoms with Gasteiger partial charge in [0.25, 0.3) is 0 Å². The average molecular weight is 431 g/mol. The Morgan fingerprint density at radius 1 is 1.06 bits per heavy atom. The predicted molar refractivity (Wildman–Crippen MR) is 122 cm³/mol. The molecule has 0 aromatic carbocycles. The van der Waals surface area contributed by atoms with Crippen LogP contribution >= 0.6 is 0 Å². The van der Waals surface area contributed by atoms with Gasteiger partial charge in [-0.25, -0.2) is 14.5 Å². The van der Waals surface area contributed by atoms with E-state index in [0.29, 0.717) is 6.61 Å². The van der Waals surface area contributed by atoms with E-state index in [1.807, 2.05) is 49.7 Å². The van der Waals surface area contributed by atoms with E-state index < -0.39 is 0 Å². The van der Waals surface area contributed by atoms with E-state index in [4.69, 9.17) is 9.47 Å². The summed E-state index contributed by atoms with van der Waals surface area (Å²) in [5, 5.41) is 7.89. The summed E-state index contributed by atoms with van der Waals surface area (Å²) in [7, 11) is 0. The van der Waals surface area contributed by atoms with Crippen molar-refractivity contribution in [1.82, 2.24) is 24.6 Å². The lowest BCUT2D eigenvalue weighted by atomic mass is 9.90. The molecule has 0 radical (unpaired) electrons. The molecule has 1 fully saturated rings. The van der Waals surface area contributed by atoms with Crippen molar-refractivity contribution in [2.45, 2.75) is 27.7 Å². The van der Waals surface area contributed by atoms with Gasteiger partial charge in [0.1, 0.15) is 17.4 Å². The molecule has 0 atom stereocenters. The van der Waals surface area contributed by atoms with Crippen LogP contribution in [0.1, 0.15) is 24.1 Å². The van der Waals surface area contributed by atoms with Gasteiger partial charge in [0.2, 0.25) is 0 Å². The van der Waals surface area contributed by atoms with Crippen LogP contribution in [0.2, 0.25) is 0 Å². The highest BCUT2D eigenvalue weighted by Crippen LogP contribution is 2.34. The fourth-order valence-corrected chi connectivity index (χ4v) is 3.81. The third-order valence-corrected chi connectivity index (χ3v) is 5.48. The molecule has 0 saturated carbocycles. The first-order valence-electron chi connectivity index (χ1n) is 10.6. The molecule has 0 spiro atoms. The van der Waals surface area contributed by atoms with Gasteiger partial charge in [-0.15, -0.1) is 0 Å². The second-order valence-corrected chi connectivity index (χ2v) is 8.80. The van der Waals surface area contributed by atoms with Gasteiger partial charge in [-0.2, -0.15) is 5.10 Å². The Kier molecular flexibility index (Phi) is 5.01. The number of pyridine rings is 2. The van der Waals surface area contributed by atoms with Crippen LogP contribution in [0.5, 0.6) is 5.75 Å². The van der Waals surface area contributed by atoms with E-state index in [1.165, 1.54) is 0 Å². The van der Waals surface area contributed by atoms with Gasteiger partial charge < -0.3 is 14.8 Å². The Labute approximate surface area is 186 Å². The molecule has 32 heavy (non-hydrogen) atoms. The summed E-state index contributed by atoms with van der Waals surface area (Å²) in [4.78, 5) is 13.2. The molecule has 1 saturated heterocycles. The van der Waals surface area contributed by atoms with Crippen molar-refractivity contribution >= 4 is 17.2 Å². The number of hydrogen-bond acceptors (Lipinski definition) is 7. The van der Waals surface area contributed by atoms with E-state index in [2.05, 4.69) is 44.4 Å². The number of aromatic nitrogens is 5. The molecular weight excluding hydrogens is 404 g/mol. The molecule has 1 aliphatic heterocycles.